The van der Waals surface area contributed by atoms with Gasteiger partial charge in [-0.15, -0.1) is 0 Å². The summed E-state index contributed by atoms with van der Waals surface area (Å²) in [5.74, 6) is 0.825. The molecule has 0 aliphatic heterocycles. The molecular formula is C14H26N2O. The third kappa shape index (κ3) is 5.52. The number of rotatable bonds is 7. The zero-order valence-corrected chi connectivity index (χ0v) is 11.0. The third-order valence-corrected chi connectivity index (χ3v) is 3.96. The second-order valence-corrected chi connectivity index (χ2v) is 5.37. The molecule has 1 aliphatic carbocycles. The minimum atomic E-state index is -0.471. The number of unbranched alkanes of at least 4 members (excludes halogenated alkanes) is 2. The summed E-state index contributed by atoms with van der Waals surface area (Å²) in [7, 11) is 0. The van der Waals surface area contributed by atoms with E-state index in [-0.39, 0.29) is 0 Å². The lowest BCUT2D eigenvalue weighted by Crippen LogP contribution is -2.43. The molecule has 0 aromatic heterocycles. The van der Waals surface area contributed by atoms with Crippen molar-refractivity contribution >= 4 is 0 Å². The van der Waals surface area contributed by atoms with E-state index in [1.807, 2.05) is 0 Å². The zero-order chi connectivity index (χ0) is 12.6. The first-order chi connectivity index (χ1) is 8.20. The standard InChI is InChI=1S/C14H26N2O/c1-2-13-6-8-14(17,9-7-13)12-16-11-5-3-4-10-15/h13,16-17H,2-9,11-12H2,1H3. The monoisotopic (exact) mass is 238 g/mol. The van der Waals surface area contributed by atoms with Crippen molar-refractivity contribution in [3.8, 4) is 6.07 Å². The van der Waals surface area contributed by atoms with Crippen molar-refractivity contribution in [2.75, 3.05) is 13.1 Å². The number of hydrogen-bond donors (Lipinski definition) is 2. The van der Waals surface area contributed by atoms with Crippen LogP contribution in [0.15, 0.2) is 0 Å². The fourth-order valence-electron chi connectivity index (χ4n) is 2.58. The maximum absolute atomic E-state index is 10.4. The molecule has 0 amide bonds. The van der Waals surface area contributed by atoms with Crippen LogP contribution in [0.3, 0.4) is 0 Å². The van der Waals surface area contributed by atoms with Gasteiger partial charge in [-0.25, -0.2) is 0 Å². The van der Waals surface area contributed by atoms with Crippen LogP contribution < -0.4 is 5.32 Å². The Morgan fingerprint density at radius 2 is 2.06 bits per heavy atom. The van der Waals surface area contributed by atoms with Crippen LogP contribution in [0.2, 0.25) is 0 Å². The van der Waals surface area contributed by atoms with Gasteiger partial charge in [-0.3, -0.25) is 0 Å². The number of nitrogens with one attached hydrogen (secondary N) is 1. The minimum Gasteiger partial charge on any atom is -0.389 e. The molecule has 0 radical (unpaired) electrons. The van der Waals surface area contributed by atoms with E-state index in [1.165, 1.54) is 19.3 Å². The van der Waals surface area contributed by atoms with Gasteiger partial charge in [0.15, 0.2) is 0 Å². The van der Waals surface area contributed by atoms with Crippen LogP contribution in [-0.2, 0) is 0 Å². The Kier molecular flexibility index (Phi) is 6.54. The van der Waals surface area contributed by atoms with Crippen molar-refractivity contribution in [3.63, 3.8) is 0 Å². The summed E-state index contributed by atoms with van der Waals surface area (Å²) < 4.78 is 0. The molecule has 1 aliphatic rings. The van der Waals surface area contributed by atoms with Gasteiger partial charge in [0.2, 0.25) is 0 Å². The van der Waals surface area contributed by atoms with Gasteiger partial charge >= 0.3 is 0 Å². The summed E-state index contributed by atoms with van der Waals surface area (Å²) in [5, 5.41) is 22.1. The van der Waals surface area contributed by atoms with Crippen molar-refractivity contribution in [1.29, 1.82) is 5.26 Å². The molecule has 0 heterocycles. The third-order valence-electron chi connectivity index (χ3n) is 3.96. The van der Waals surface area contributed by atoms with E-state index in [2.05, 4.69) is 18.3 Å². The first-order valence-electron chi connectivity index (χ1n) is 7.00. The maximum atomic E-state index is 10.4. The first-order valence-corrected chi connectivity index (χ1v) is 7.00. The highest BCUT2D eigenvalue weighted by atomic mass is 16.3. The van der Waals surface area contributed by atoms with Crippen molar-refractivity contribution < 1.29 is 5.11 Å². The van der Waals surface area contributed by atoms with Crippen molar-refractivity contribution in [1.82, 2.24) is 5.32 Å². The first kappa shape index (κ1) is 14.5. The molecule has 0 aromatic carbocycles. The highest BCUT2D eigenvalue weighted by molar-refractivity contribution is 4.87. The predicted molar refractivity (Wildman–Crippen MR) is 69.5 cm³/mol. The summed E-state index contributed by atoms with van der Waals surface area (Å²) in [6.07, 6.45) is 8.10. The Bertz CT molecular complexity index is 239. The molecule has 0 spiro atoms. The average molecular weight is 238 g/mol. The molecule has 2 N–H and O–H groups in total. The van der Waals surface area contributed by atoms with Crippen molar-refractivity contribution in [2.45, 2.75) is 63.9 Å². The van der Waals surface area contributed by atoms with Crippen LogP contribution in [0.1, 0.15) is 58.3 Å². The van der Waals surface area contributed by atoms with Crippen LogP contribution >= 0.6 is 0 Å². The van der Waals surface area contributed by atoms with E-state index in [9.17, 15) is 5.11 Å². The Morgan fingerprint density at radius 1 is 1.35 bits per heavy atom. The SMILES string of the molecule is CCC1CCC(O)(CNCCCCC#N)CC1. The molecule has 0 aromatic rings. The summed E-state index contributed by atoms with van der Waals surface area (Å²) in [6, 6.07) is 2.15. The highest BCUT2D eigenvalue weighted by Gasteiger charge is 2.31. The van der Waals surface area contributed by atoms with Gasteiger partial charge in [0.05, 0.1) is 11.7 Å². The molecule has 17 heavy (non-hydrogen) atoms. The van der Waals surface area contributed by atoms with Crippen LogP contribution in [0.25, 0.3) is 0 Å². The normalized spacial score (nSPS) is 28.9. The maximum Gasteiger partial charge on any atom is 0.0771 e. The van der Waals surface area contributed by atoms with Gasteiger partial charge in [0, 0.05) is 13.0 Å². The average Bonchev–Trinajstić information content (AvgIpc) is 2.35. The van der Waals surface area contributed by atoms with Crippen LogP contribution in [0, 0.1) is 17.2 Å². The van der Waals surface area contributed by atoms with E-state index in [1.54, 1.807) is 0 Å². The van der Waals surface area contributed by atoms with Gasteiger partial charge in [0.25, 0.3) is 0 Å². The van der Waals surface area contributed by atoms with E-state index < -0.39 is 5.60 Å². The van der Waals surface area contributed by atoms with Crippen molar-refractivity contribution in [3.05, 3.63) is 0 Å². The summed E-state index contributed by atoms with van der Waals surface area (Å²) in [5.41, 5.74) is -0.471. The lowest BCUT2D eigenvalue weighted by Gasteiger charge is -2.36. The highest BCUT2D eigenvalue weighted by Crippen LogP contribution is 2.33. The number of nitrogens with zero attached hydrogens (tertiary/aromatic N) is 1. The number of nitriles is 1. The Balaban J connectivity index is 2.08. The lowest BCUT2D eigenvalue weighted by atomic mass is 9.78. The van der Waals surface area contributed by atoms with Gasteiger partial charge in [0.1, 0.15) is 0 Å². The summed E-state index contributed by atoms with van der Waals surface area (Å²) >= 11 is 0. The molecule has 0 unspecified atom stereocenters. The second kappa shape index (κ2) is 7.68. The summed E-state index contributed by atoms with van der Waals surface area (Å²) in [6.45, 7) is 3.87. The minimum absolute atomic E-state index is 0.471. The molecule has 0 atom stereocenters. The van der Waals surface area contributed by atoms with Crippen LogP contribution in [0.5, 0.6) is 0 Å². The molecule has 1 saturated carbocycles. The predicted octanol–water partition coefficient (Wildman–Crippen LogP) is 2.60. The molecule has 98 valence electrons. The van der Waals surface area contributed by atoms with Crippen molar-refractivity contribution in [2.24, 2.45) is 5.92 Å². The molecule has 0 saturated heterocycles. The Labute approximate surface area is 105 Å². The Hall–Kier alpha value is -0.590. The molecule has 0 bridgehead atoms. The molecule has 3 heteroatoms. The molecule has 3 nitrogen and oxygen atoms in total. The number of hydrogen-bond acceptors (Lipinski definition) is 3. The van der Waals surface area contributed by atoms with E-state index in [4.69, 9.17) is 5.26 Å². The quantitative estimate of drug-likeness (QED) is 0.670. The summed E-state index contributed by atoms with van der Waals surface area (Å²) in [4.78, 5) is 0. The van der Waals surface area contributed by atoms with Crippen LogP contribution in [0.4, 0.5) is 0 Å². The van der Waals surface area contributed by atoms with E-state index >= 15 is 0 Å². The van der Waals surface area contributed by atoms with Gasteiger partial charge < -0.3 is 10.4 Å². The Morgan fingerprint density at radius 3 is 2.65 bits per heavy atom. The molecular weight excluding hydrogens is 212 g/mol. The zero-order valence-electron chi connectivity index (χ0n) is 11.0. The van der Waals surface area contributed by atoms with Gasteiger partial charge in [-0.1, -0.05) is 13.3 Å². The fourth-order valence-corrected chi connectivity index (χ4v) is 2.58. The fraction of sp³-hybridized carbons (Fsp3) is 0.929. The second-order valence-electron chi connectivity index (χ2n) is 5.37. The van der Waals surface area contributed by atoms with E-state index in [0.29, 0.717) is 6.42 Å². The molecule has 1 rings (SSSR count). The smallest absolute Gasteiger partial charge is 0.0771 e. The largest absolute Gasteiger partial charge is 0.389 e. The van der Waals surface area contributed by atoms with E-state index in [0.717, 1.165) is 44.7 Å². The molecule has 1 fully saturated rings. The van der Waals surface area contributed by atoms with Gasteiger partial charge in [-0.05, 0) is 51.0 Å². The topological polar surface area (TPSA) is 56.0 Å². The van der Waals surface area contributed by atoms with Crippen LogP contribution in [-0.4, -0.2) is 23.8 Å². The lowest BCUT2D eigenvalue weighted by molar-refractivity contribution is -0.00846. The van der Waals surface area contributed by atoms with Gasteiger partial charge in [-0.2, -0.15) is 5.26 Å². The number of aliphatic hydroxyl groups is 1.